The van der Waals surface area contributed by atoms with Gasteiger partial charge in [0.05, 0.1) is 11.3 Å². The lowest BCUT2D eigenvalue weighted by Crippen LogP contribution is -2.23. The van der Waals surface area contributed by atoms with Gasteiger partial charge in [-0.15, -0.1) is 0 Å². The van der Waals surface area contributed by atoms with Crippen LogP contribution in [-0.4, -0.2) is 24.4 Å². The molecule has 0 aromatic heterocycles. The molecule has 0 spiro atoms. The number of hydrogen-bond acceptors (Lipinski definition) is 4. The second-order valence-corrected chi connectivity index (χ2v) is 6.51. The van der Waals surface area contributed by atoms with Crippen LogP contribution in [0.1, 0.15) is 37.0 Å². The molecular weight excluding hydrogens is 344 g/mol. The van der Waals surface area contributed by atoms with E-state index in [2.05, 4.69) is 10.6 Å². The second-order valence-electron chi connectivity index (χ2n) is 6.51. The molecule has 0 fully saturated rings. The van der Waals surface area contributed by atoms with Crippen molar-refractivity contribution in [2.75, 3.05) is 17.2 Å². The van der Waals surface area contributed by atoms with E-state index in [9.17, 15) is 14.4 Å². The van der Waals surface area contributed by atoms with Crippen LogP contribution in [0.4, 0.5) is 11.4 Å². The highest BCUT2D eigenvalue weighted by Gasteiger charge is 2.14. The Labute approximate surface area is 158 Å². The zero-order valence-corrected chi connectivity index (χ0v) is 15.5. The Kier molecular flexibility index (Phi) is 7.55. The maximum absolute atomic E-state index is 12.5. The Bertz CT molecular complexity index is 788. The van der Waals surface area contributed by atoms with Gasteiger partial charge in [0.15, 0.2) is 6.61 Å². The standard InChI is InChI=1S/C21H24N2O4/c1-15(2)12-13-20(25)27-14-19(24)23-18-11-7-6-10-17(18)21(26)22-16-8-4-3-5-9-16/h3-11,15H,12-14H2,1-2H3,(H,22,26)(H,23,24). The molecule has 2 aromatic carbocycles. The summed E-state index contributed by atoms with van der Waals surface area (Å²) in [4.78, 5) is 36.2. The number of carbonyl (C=O) groups excluding carboxylic acids is 3. The highest BCUT2D eigenvalue weighted by molar-refractivity contribution is 6.10. The van der Waals surface area contributed by atoms with Gasteiger partial charge in [-0.2, -0.15) is 0 Å². The summed E-state index contributed by atoms with van der Waals surface area (Å²) in [5.41, 5.74) is 1.33. The summed E-state index contributed by atoms with van der Waals surface area (Å²) in [6.07, 6.45) is 0.990. The monoisotopic (exact) mass is 368 g/mol. The lowest BCUT2D eigenvalue weighted by molar-refractivity contribution is -0.147. The molecule has 2 amide bonds. The van der Waals surface area contributed by atoms with Gasteiger partial charge in [0.25, 0.3) is 11.8 Å². The molecule has 0 atom stereocenters. The highest BCUT2D eigenvalue weighted by atomic mass is 16.5. The summed E-state index contributed by atoms with van der Waals surface area (Å²) < 4.78 is 4.97. The number of hydrogen-bond donors (Lipinski definition) is 2. The van der Waals surface area contributed by atoms with Gasteiger partial charge in [0, 0.05) is 12.1 Å². The molecular formula is C21H24N2O4. The number of esters is 1. The minimum atomic E-state index is -0.493. The predicted octanol–water partition coefficient (Wildman–Crippen LogP) is 3.86. The van der Waals surface area contributed by atoms with Gasteiger partial charge in [-0.3, -0.25) is 14.4 Å². The summed E-state index contributed by atoms with van der Waals surface area (Å²) in [6.45, 7) is 3.64. The molecule has 6 heteroatoms. The Morgan fingerprint density at radius 3 is 2.30 bits per heavy atom. The van der Waals surface area contributed by atoms with Gasteiger partial charge >= 0.3 is 5.97 Å². The molecule has 0 aliphatic carbocycles. The van der Waals surface area contributed by atoms with Crippen molar-refractivity contribution >= 4 is 29.2 Å². The maximum Gasteiger partial charge on any atom is 0.306 e. The van der Waals surface area contributed by atoms with Crippen LogP contribution in [0.3, 0.4) is 0 Å². The summed E-state index contributed by atoms with van der Waals surface area (Å²) in [5, 5.41) is 5.39. The summed E-state index contributed by atoms with van der Waals surface area (Å²) in [7, 11) is 0. The number of ether oxygens (including phenoxy) is 1. The topological polar surface area (TPSA) is 84.5 Å². The van der Waals surface area contributed by atoms with Crippen molar-refractivity contribution in [2.45, 2.75) is 26.7 Å². The summed E-state index contributed by atoms with van der Waals surface area (Å²) in [6, 6.07) is 15.7. The molecule has 6 nitrogen and oxygen atoms in total. The van der Waals surface area contributed by atoms with E-state index in [1.165, 1.54) is 0 Å². The zero-order chi connectivity index (χ0) is 19.6. The van der Waals surface area contributed by atoms with Crippen LogP contribution < -0.4 is 10.6 Å². The number of benzene rings is 2. The van der Waals surface area contributed by atoms with E-state index in [1.807, 2.05) is 32.0 Å². The third kappa shape index (κ3) is 6.93. The van der Waals surface area contributed by atoms with Crippen molar-refractivity contribution < 1.29 is 19.1 Å². The Hall–Kier alpha value is -3.15. The van der Waals surface area contributed by atoms with Crippen molar-refractivity contribution in [3.8, 4) is 0 Å². The number of carbonyl (C=O) groups is 3. The van der Waals surface area contributed by atoms with Gasteiger partial charge in [0.1, 0.15) is 0 Å². The molecule has 0 unspecified atom stereocenters. The minimum Gasteiger partial charge on any atom is -0.456 e. The van der Waals surface area contributed by atoms with Crippen molar-refractivity contribution in [3.63, 3.8) is 0 Å². The predicted molar refractivity (Wildman–Crippen MR) is 104 cm³/mol. The Morgan fingerprint density at radius 1 is 0.926 bits per heavy atom. The van der Waals surface area contributed by atoms with E-state index in [4.69, 9.17) is 4.74 Å². The number of rotatable bonds is 8. The third-order valence-electron chi connectivity index (χ3n) is 3.77. The zero-order valence-electron chi connectivity index (χ0n) is 15.5. The molecule has 27 heavy (non-hydrogen) atoms. The summed E-state index contributed by atoms with van der Waals surface area (Å²) in [5.74, 6) is -0.853. The lowest BCUT2D eigenvalue weighted by Gasteiger charge is -2.12. The SMILES string of the molecule is CC(C)CCC(=O)OCC(=O)Nc1ccccc1C(=O)Nc1ccccc1. The molecule has 0 radical (unpaired) electrons. The Morgan fingerprint density at radius 2 is 1.59 bits per heavy atom. The van der Waals surface area contributed by atoms with E-state index in [-0.39, 0.29) is 18.9 Å². The van der Waals surface area contributed by atoms with Crippen LogP contribution in [0.25, 0.3) is 0 Å². The van der Waals surface area contributed by atoms with Crippen molar-refractivity contribution in [1.29, 1.82) is 0 Å². The summed E-state index contributed by atoms with van der Waals surface area (Å²) >= 11 is 0. The van der Waals surface area contributed by atoms with Crippen LogP contribution in [-0.2, 0) is 14.3 Å². The van der Waals surface area contributed by atoms with Gasteiger partial charge in [0.2, 0.25) is 0 Å². The smallest absolute Gasteiger partial charge is 0.306 e. The quantitative estimate of drug-likeness (QED) is 0.693. The molecule has 0 bridgehead atoms. The van der Waals surface area contributed by atoms with E-state index >= 15 is 0 Å². The lowest BCUT2D eigenvalue weighted by atomic mass is 10.1. The average molecular weight is 368 g/mol. The van der Waals surface area contributed by atoms with E-state index < -0.39 is 11.9 Å². The van der Waals surface area contributed by atoms with Crippen LogP contribution >= 0.6 is 0 Å². The fourth-order valence-corrected chi connectivity index (χ4v) is 2.32. The molecule has 2 rings (SSSR count). The molecule has 0 heterocycles. The maximum atomic E-state index is 12.5. The minimum absolute atomic E-state index is 0.279. The van der Waals surface area contributed by atoms with E-state index in [0.717, 1.165) is 0 Å². The first kappa shape index (κ1) is 20.2. The van der Waals surface area contributed by atoms with Crippen LogP contribution in [0.2, 0.25) is 0 Å². The van der Waals surface area contributed by atoms with Crippen LogP contribution in [0, 0.1) is 5.92 Å². The normalized spacial score (nSPS) is 10.3. The van der Waals surface area contributed by atoms with Crippen LogP contribution in [0.15, 0.2) is 54.6 Å². The first-order valence-electron chi connectivity index (χ1n) is 8.86. The highest BCUT2D eigenvalue weighted by Crippen LogP contribution is 2.17. The van der Waals surface area contributed by atoms with Gasteiger partial charge < -0.3 is 15.4 Å². The number of nitrogens with one attached hydrogen (secondary N) is 2. The molecule has 0 aliphatic rings. The molecule has 0 saturated heterocycles. The second kappa shape index (κ2) is 10.1. The van der Waals surface area contributed by atoms with Crippen molar-refractivity contribution in [1.82, 2.24) is 0 Å². The van der Waals surface area contributed by atoms with Gasteiger partial charge in [-0.25, -0.2) is 0 Å². The Balaban J connectivity index is 1.93. The number of amides is 2. The van der Waals surface area contributed by atoms with Gasteiger partial charge in [-0.1, -0.05) is 44.2 Å². The molecule has 0 aliphatic heterocycles. The number of para-hydroxylation sites is 2. The van der Waals surface area contributed by atoms with E-state index in [0.29, 0.717) is 29.3 Å². The van der Waals surface area contributed by atoms with Crippen LogP contribution in [0.5, 0.6) is 0 Å². The van der Waals surface area contributed by atoms with Crippen molar-refractivity contribution in [2.24, 2.45) is 5.92 Å². The fraction of sp³-hybridized carbons (Fsp3) is 0.286. The van der Waals surface area contributed by atoms with E-state index in [1.54, 1.807) is 36.4 Å². The number of anilines is 2. The fourth-order valence-electron chi connectivity index (χ4n) is 2.32. The average Bonchev–Trinajstić information content (AvgIpc) is 2.66. The van der Waals surface area contributed by atoms with Gasteiger partial charge in [-0.05, 0) is 36.6 Å². The largest absolute Gasteiger partial charge is 0.456 e. The first-order chi connectivity index (χ1) is 13.0. The molecule has 0 saturated carbocycles. The molecule has 2 aromatic rings. The molecule has 142 valence electrons. The third-order valence-corrected chi connectivity index (χ3v) is 3.77. The molecule has 2 N–H and O–H groups in total. The first-order valence-corrected chi connectivity index (χ1v) is 8.86. The van der Waals surface area contributed by atoms with Crippen molar-refractivity contribution in [3.05, 3.63) is 60.2 Å².